The summed E-state index contributed by atoms with van der Waals surface area (Å²) in [7, 11) is -2.17. The number of carbonyl (C=O) groups is 1. The average Bonchev–Trinajstić information content (AvgIpc) is 3.19. The highest BCUT2D eigenvalue weighted by molar-refractivity contribution is 7.90. The summed E-state index contributed by atoms with van der Waals surface area (Å²) in [6.07, 6.45) is 2.96. The van der Waals surface area contributed by atoms with Gasteiger partial charge in [-0.3, -0.25) is 4.98 Å². The van der Waals surface area contributed by atoms with E-state index in [1.165, 1.54) is 24.0 Å². The summed E-state index contributed by atoms with van der Waals surface area (Å²) in [6, 6.07) is 5.08. The number of amides is 1. The maximum Gasteiger partial charge on any atom is 0.410 e. The molecule has 33 heavy (non-hydrogen) atoms. The van der Waals surface area contributed by atoms with Crippen molar-refractivity contribution in [3.63, 3.8) is 0 Å². The van der Waals surface area contributed by atoms with Crippen molar-refractivity contribution in [1.82, 2.24) is 24.5 Å². The predicted molar refractivity (Wildman–Crippen MR) is 123 cm³/mol. The highest BCUT2D eigenvalue weighted by Gasteiger charge is 2.28. The number of hydrogen-bond acceptors (Lipinski definition) is 8. The fourth-order valence-electron chi connectivity index (χ4n) is 3.48. The van der Waals surface area contributed by atoms with Crippen LogP contribution in [0, 0.1) is 0 Å². The number of fused-ring (bicyclic) bond motifs is 1. The number of ether oxygens (including phenoxy) is 2. The normalized spacial score (nSPS) is 13.1. The second kappa shape index (κ2) is 8.97. The van der Waals surface area contributed by atoms with E-state index < -0.39 is 27.6 Å². The van der Waals surface area contributed by atoms with E-state index in [9.17, 15) is 13.2 Å². The SMILES string of the molecule is CCN(C(=O)OC(C)c1cc(-c2cc3ccnn3c(S(C)(=O)=O)n2)c(OC)cn1)C(C)(C)C. The molecule has 0 fully saturated rings. The zero-order valence-electron chi connectivity index (χ0n) is 19.9. The lowest BCUT2D eigenvalue weighted by molar-refractivity contribution is 0.0433. The summed E-state index contributed by atoms with van der Waals surface area (Å²) in [5.41, 5.74) is 1.52. The second-order valence-electron chi connectivity index (χ2n) is 8.61. The van der Waals surface area contributed by atoms with E-state index in [0.717, 1.165) is 6.26 Å². The van der Waals surface area contributed by atoms with Crippen LogP contribution in [0.3, 0.4) is 0 Å². The Morgan fingerprint density at radius 2 is 1.97 bits per heavy atom. The van der Waals surface area contributed by atoms with Gasteiger partial charge in [0.2, 0.25) is 15.0 Å². The first-order valence-corrected chi connectivity index (χ1v) is 12.3. The molecule has 1 atom stereocenters. The van der Waals surface area contributed by atoms with Crippen molar-refractivity contribution >= 4 is 21.4 Å². The molecule has 1 unspecified atom stereocenters. The number of rotatable bonds is 6. The Hall–Kier alpha value is -3.21. The Morgan fingerprint density at radius 3 is 2.55 bits per heavy atom. The molecule has 178 valence electrons. The molecule has 11 heteroatoms. The van der Waals surface area contributed by atoms with Crippen molar-refractivity contribution < 1.29 is 22.7 Å². The van der Waals surface area contributed by atoms with Crippen LogP contribution in [0.1, 0.15) is 46.4 Å². The van der Waals surface area contributed by atoms with E-state index in [1.54, 1.807) is 30.0 Å². The molecule has 0 aliphatic rings. The van der Waals surface area contributed by atoms with Gasteiger partial charge in [-0.25, -0.2) is 22.7 Å². The molecule has 3 aromatic heterocycles. The largest absolute Gasteiger partial charge is 0.494 e. The average molecular weight is 476 g/mol. The minimum atomic E-state index is -3.66. The van der Waals surface area contributed by atoms with E-state index in [0.29, 0.717) is 34.8 Å². The van der Waals surface area contributed by atoms with Crippen LogP contribution >= 0.6 is 0 Å². The lowest BCUT2D eigenvalue weighted by Gasteiger charge is -2.34. The molecule has 0 saturated carbocycles. The van der Waals surface area contributed by atoms with Gasteiger partial charge >= 0.3 is 6.09 Å². The van der Waals surface area contributed by atoms with Gasteiger partial charge < -0.3 is 14.4 Å². The Kier molecular flexibility index (Phi) is 6.64. The smallest absolute Gasteiger partial charge is 0.410 e. The maximum absolute atomic E-state index is 12.7. The molecule has 0 radical (unpaired) electrons. The van der Waals surface area contributed by atoms with Crippen LogP contribution in [-0.4, -0.2) is 64.4 Å². The van der Waals surface area contributed by atoms with Crippen LogP contribution in [0.2, 0.25) is 0 Å². The summed E-state index contributed by atoms with van der Waals surface area (Å²) in [4.78, 5) is 23.1. The molecule has 10 nitrogen and oxygen atoms in total. The number of nitrogens with zero attached hydrogens (tertiary/aromatic N) is 5. The monoisotopic (exact) mass is 475 g/mol. The van der Waals surface area contributed by atoms with E-state index >= 15 is 0 Å². The first-order valence-electron chi connectivity index (χ1n) is 10.4. The Labute approximate surface area is 193 Å². The van der Waals surface area contributed by atoms with Gasteiger partial charge in [-0.05, 0) is 52.8 Å². The van der Waals surface area contributed by atoms with E-state index in [4.69, 9.17) is 9.47 Å². The Bertz CT molecular complexity index is 1280. The number of methoxy groups -OCH3 is 1. The van der Waals surface area contributed by atoms with Crippen molar-refractivity contribution in [3.8, 4) is 17.0 Å². The first kappa shape index (κ1) is 24.4. The molecule has 0 bridgehead atoms. The molecule has 3 rings (SSSR count). The van der Waals surface area contributed by atoms with Gasteiger partial charge in [0.15, 0.2) is 0 Å². The third-order valence-electron chi connectivity index (χ3n) is 5.11. The van der Waals surface area contributed by atoms with Crippen LogP contribution in [0.25, 0.3) is 16.8 Å². The zero-order chi connectivity index (χ0) is 24.6. The molecule has 0 spiro atoms. The third-order valence-corrected chi connectivity index (χ3v) is 6.04. The lowest BCUT2D eigenvalue weighted by atomic mass is 10.1. The van der Waals surface area contributed by atoms with Crippen molar-refractivity contribution in [3.05, 3.63) is 36.3 Å². The summed E-state index contributed by atoms with van der Waals surface area (Å²) >= 11 is 0. The fraction of sp³-hybridized carbons (Fsp3) is 0.455. The van der Waals surface area contributed by atoms with Crippen LogP contribution in [0.15, 0.2) is 35.7 Å². The summed E-state index contributed by atoms with van der Waals surface area (Å²) in [5.74, 6) is 0.401. The number of hydrogen-bond donors (Lipinski definition) is 0. The molecular weight excluding hydrogens is 446 g/mol. The van der Waals surface area contributed by atoms with Crippen LogP contribution in [0.5, 0.6) is 5.75 Å². The van der Waals surface area contributed by atoms with Gasteiger partial charge in [0, 0.05) is 23.9 Å². The number of pyridine rings is 1. The minimum Gasteiger partial charge on any atom is -0.494 e. The van der Waals surface area contributed by atoms with Gasteiger partial charge in [-0.2, -0.15) is 5.10 Å². The van der Waals surface area contributed by atoms with Crippen LogP contribution in [0.4, 0.5) is 4.79 Å². The summed E-state index contributed by atoms with van der Waals surface area (Å²) in [5, 5.41) is 3.86. The standard InChI is InChI=1S/C22H29N5O5S/c1-8-26(22(3,4)5)21(28)32-14(2)17-12-16(19(31-6)13-23-17)18-11-15-9-10-24-27(15)20(25-18)33(7,29)30/h9-14H,8H2,1-7H3. The second-order valence-corrected chi connectivity index (χ2v) is 10.5. The van der Waals surface area contributed by atoms with Crippen LogP contribution < -0.4 is 4.74 Å². The highest BCUT2D eigenvalue weighted by Crippen LogP contribution is 2.32. The lowest BCUT2D eigenvalue weighted by Crippen LogP contribution is -2.45. The van der Waals surface area contributed by atoms with Gasteiger partial charge in [-0.1, -0.05) is 0 Å². The Balaban J connectivity index is 2.04. The molecule has 1 amide bonds. The van der Waals surface area contributed by atoms with E-state index in [2.05, 4.69) is 15.1 Å². The third kappa shape index (κ3) is 5.08. The zero-order valence-corrected chi connectivity index (χ0v) is 20.7. The van der Waals surface area contributed by atoms with Crippen molar-refractivity contribution in [2.45, 2.75) is 51.4 Å². The molecule has 0 saturated heterocycles. The maximum atomic E-state index is 12.7. The van der Waals surface area contributed by atoms with Crippen molar-refractivity contribution in [2.24, 2.45) is 0 Å². The molecule has 0 aliphatic carbocycles. The summed E-state index contributed by atoms with van der Waals surface area (Å²) in [6.45, 7) is 9.92. The topological polar surface area (TPSA) is 116 Å². The van der Waals surface area contributed by atoms with Gasteiger partial charge in [0.05, 0.1) is 36.4 Å². The van der Waals surface area contributed by atoms with Gasteiger partial charge in [0.1, 0.15) is 11.9 Å². The minimum absolute atomic E-state index is 0.191. The van der Waals surface area contributed by atoms with Crippen molar-refractivity contribution in [2.75, 3.05) is 19.9 Å². The van der Waals surface area contributed by atoms with E-state index in [1.807, 2.05) is 27.7 Å². The first-order chi connectivity index (χ1) is 15.4. The molecule has 0 N–H and O–H groups in total. The number of carbonyl (C=O) groups excluding carboxylic acids is 1. The van der Waals surface area contributed by atoms with E-state index in [-0.39, 0.29) is 5.16 Å². The molecule has 0 aliphatic heterocycles. The molecule has 3 heterocycles. The predicted octanol–water partition coefficient (Wildman–Crippen LogP) is 3.52. The quantitative estimate of drug-likeness (QED) is 0.497. The van der Waals surface area contributed by atoms with Gasteiger partial charge in [-0.15, -0.1) is 0 Å². The number of sulfone groups is 1. The van der Waals surface area contributed by atoms with Crippen LogP contribution in [-0.2, 0) is 14.6 Å². The highest BCUT2D eigenvalue weighted by atomic mass is 32.2. The summed E-state index contributed by atoms with van der Waals surface area (Å²) < 4.78 is 37.0. The Morgan fingerprint density at radius 1 is 1.27 bits per heavy atom. The fourth-order valence-corrected chi connectivity index (χ4v) is 4.21. The van der Waals surface area contributed by atoms with Crippen molar-refractivity contribution in [1.29, 1.82) is 0 Å². The molecule has 0 aromatic carbocycles. The molecule has 3 aromatic rings. The molecular formula is C22H29N5O5S. The van der Waals surface area contributed by atoms with Gasteiger partial charge in [0.25, 0.3) is 0 Å². The number of aromatic nitrogens is 4.